The standard InChI is InChI=1S/C23H33N3O3/c1-23(2)14-6-10-18(29-23)15-17(27)9-5-11-20-24-19-12-13-21(28-3)25-22(19)26(20)16-7-4-8-16/h12-13,16,18H,4-11,14-15H2,1-3H3. The lowest BCUT2D eigenvalue weighted by molar-refractivity contribution is -0.133. The lowest BCUT2D eigenvalue weighted by Gasteiger charge is -2.35. The molecule has 1 aliphatic carbocycles. The molecule has 0 radical (unpaired) electrons. The van der Waals surface area contributed by atoms with Gasteiger partial charge in [-0.05, 0) is 64.9 Å². The molecule has 4 rings (SSSR count). The number of nitrogens with zero attached hydrogens (tertiary/aromatic N) is 3. The highest BCUT2D eigenvalue weighted by molar-refractivity contribution is 5.79. The van der Waals surface area contributed by atoms with E-state index in [-0.39, 0.29) is 11.7 Å². The van der Waals surface area contributed by atoms with Gasteiger partial charge in [0.05, 0.1) is 18.8 Å². The van der Waals surface area contributed by atoms with Gasteiger partial charge in [0.1, 0.15) is 17.1 Å². The minimum Gasteiger partial charge on any atom is -0.481 e. The zero-order chi connectivity index (χ0) is 20.4. The van der Waals surface area contributed by atoms with Crippen molar-refractivity contribution in [3.63, 3.8) is 0 Å². The summed E-state index contributed by atoms with van der Waals surface area (Å²) in [5, 5.41) is 0. The molecule has 0 aromatic carbocycles. The van der Waals surface area contributed by atoms with Crippen molar-refractivity contribution < 1.29 is 14.3 Å². The van der Waals surface area contributed by atoms with Crippen molar-refractivity contribution in [1.82, 2.24) is 14.5 Å². The third-order valence-electron chi connectivity index (χ3n) is 6.34. The zero-order valence-corrected chi connectivity index (χ0v) is 17.9. The van der Waals surface area contributed by atoms with E-state index in [9.17, 15) is 4.79 Å². The monoisotopic (exact) mass is 399 g/mol. The van der Waals surface area contributed by atoms with Crippen LogP contribution in [-0.4, -0.2) is 39.1 Å². The Labute approximate surface area is 173 Å². The van der Waals surface area contributed by atoms with Gasteiger partial charge >= 0.3 is 0 Å². The van der Waals surface area contributed by atoms with Crippen LogP contribution >= 0.6 is 0 Å². The van der Waals surface area contributed by atoms with Crippen molar-refractivity contribution in [2.24, 2.45) is 0 Å². The number of pyridine rings is 1. The van der Waals surface area contributed by atoms with E-state index in [0.29, 0.717) is 30.5 Å². The van der Waals surface area contributed by atoms with Crippen molar-refractivity contribution >= 4 is 16.9 Å². The highest BCUT2D eigenvalue weighted by atomic mass is 16.5. The number of hydrogen-bond donors (Lipinski definition) is 0. The second-order valence-electron chi connectivity index (χ2n) is 9.17. The van der Waals surface area contributed by atoms with E-state index in [1.807, 2.05) is 12.1 Å². The molecule has 1 atom stereocenters. The molecule has 6 nitrogen and oxygen atoms in total. The maximum atomic E-state index is 12.5. The molecule has 158 valence electrons. The van der Waals surface area contributed by atoms with Crippen LogP contribution in [0.2, 0.25) is 0 Å². The summed E-state index contributed by atoms with van der Waals surface area (Å²) in [5.41, 5.74) is 1.73. The van der Waals surface area contributed by atoms with Crippen LogP contribution in [-0.2, 0) is 16.0 Å². The average Bonchev–Trinajstić information content (AvgIpc) is 2.97. The van der Waals surface area contributed by atoms with Crippen LogP contribution in [0.1, 0.15) is 83.5 Å². The number of fused-ring (bicyclic) bond motifs is 1. The van der Waals surface area contributed by atoms with E-state index < -0.39 is 0 Å². The number of imidazole rings is 1. The summed E-state index contributed by atoms with van der Waals surface area (Å²) in [7, 11) is 1.64. The number of carbonyl (C=O) groups excluding carboxylic acids is 1. The molecule has 0 spiro atoms. The second-order valence-corrected chi connectivity index (χ2v) is 9.17. The van der Waals surface area contributed by atoms with Crippen LogP contribution < -0.4 is 4.74 Å². The fourth-order valence-corrected chi connectivity index (χ4v) is 4.59. The van der Waals surface area contributed by atoms with Gasteiger partial charge in [0.15, 0.2) is 5.65 Å². The number of aryl methyl sites for hydroxylation is 1. The Morgan fingerprint density at radius 3 is 2.76 bits per heavy atom. The molecule has 2 aromatic heterocycles. The van der Waals surface area contributed by atoms with Gasteiger partial charge in [-0.3, -0.25) is 4.79 Å². The van der Waals surface area contributed by atoms with Crippen LogP contribution in [0.4, 0.5) is 0 Å². The van der Waals surface area contributed by atoms with E-state index in [1.165, 1.54) is 19.3 Å². The lowest BCUT2D eigenvalue weighted by atomic mass is 9.92. The highest BCUT2D eigenvalue weighted by Gasteiger charge is 2.30. The van der Waals surface area contributed by atoms with Gasteiger partial charge in [-0.15, -0.1) is 0 Å². The fraction of sp³-hybridized carbons (Fsp3) is 0.696. The van der Waals surface area contributed by atoms with Gasteiger partial charge in [0.2, 0.25) is 5.88 Å². The minimum atomic E-state index is -0.0924. The van der Waals surface area contributed by atoms with Gasteiger partial charge in [0.25, 0.3) is 0 Å². The molecule has 0 amide bonds. The Morgan fingerprint density at radius 1 is 1.24 bits per heavy atom. The Balaban J connectivity index is 1.38. The van der Waals surface area contributed by atoms with E-state index >= 15 is 0 Å². The van der Waals surface area contributed by atoms with Crippen LogP contribution in [0.25, 0.3) is 11.2 Å². The molecule has 29 heavy (non-hydrogen) atoms. The molecule has 0 N–H and O–H groups in total. The molecule has 6 heteroatoms. The molecule has 2 aliphatic rings. The number of methoxy groups -OCH3 is 1. The first-order chi connectivity index (χ1) is 13.9. The number of Topliss-reactive ketones (excluding diaryl/α,β-unsaturated/α-hetero) is 1. The second kappa shape index (κ2) is 8.42. The van der Waals surface area contributed by atoms with Crippen LogP contribution in [0, 0.1) is 0 Å². The first-order valence-electron chi connectivity index (χ1n) is 11.1. The topological polar surface area (TPSA) is 66.2 Å². The minimum absolute atomic E-state index is 0.0856. The first-order valence-corrected chi connectivity index (χ1v) is 11.1. The largest absolute Gasteiger partial charge is 0.481 e. The predicted octanol–water partition coefficient (Wildman–Crippen LogP) is 4.79. The van der Waals surface area contributed by atoms with Crippen molar-refractivity contribution in [3.8, 4) is 5.88 Å². The van der Waals surface area contributed by atoms with E-state index in [2.05, 4.69) is 23.4 Å². The summed E-state index contributed by atoms with van der Waals surface area (Å²) in [6.45, 7) is 4.25. The molecule has 1 aliphatic heterocycles. The predicted molar refractivity (Wildman–Crippen MR) is 112 cm³/mol. The third kappa shape index (κ3) is 4.63. The smallest absolute Gasteiger partial charge is 0.215 e. The van der Waals surface area contributed by atoms with Gasteiger partial charge in [-0.25, -0.2) is 4.98 Å². The Hall–Kier alpha value is -1.95. The maximum absolute atomic E-state index is 12.5. The summed E-state index contributed by atoms with van der Waals surface area (Å²) in [5.74, 6) is 1.97. The summed E-state index contributed by atoms with van der Waals surface area (Å²) in [6.07, 6.45) is 9.66. The maximum Gasteiger partial charge on any atom is 0.215 e. The van der Waals surface area contributed by atoms with E-state index in [1.54, 1.807) is 7.11 Å². The SMILES string of the molecule is COc1ccc2nc(CCCC(=O)CC3CCCC(C)(C)O3)n(C3CCC3)c2n1. The molecule has 3 heterocycles. The number of ketones is 1. The van der Waals surface area contributed by atoms with Crippen molar-refractivity contribution in [3.05, 3.63) is 18.0 Å². The molecular formula is C23H33N3O3. The number of carbonyl (C=O) groups is 1. The molecular weight excluding hydrogens is 366 g/mol. The van der Waals surface area contributed by atoms with Crippen LogP contribution in [0.15, 0.2) is 12.1 Å². The van der Waals surface area contributed by atoms with Gasteiger partial charge in [-0.1, -0.05) is 0 Å². The molecule has 2 fully saturated rings. The molecule has 0 bridgehead atoms. The van der Waals surface area contributed by atoms with Crippen LogP contribution in [0.5, 0.6) is 5.88 Å². The summed E-state index contributed by atoms with van der Waals surface area (Å²) >= 11 is 0. The summed E-state index contributed by atoms with van der Waals surface area (Å²) < 4.78 is 13.7. The average molecular weight is 400 g/mol. The van der Waals surface area contributed by atoms with Crippen molar-refractivity contribution in [2.75, 3.05) is 7.11 Å². The fourth-order valence-electron chi connectivity index (χ4n) is 4.59. The van der Waals surface area contributed by atoms with Gasteiger partial charge in [0, 0.05) is 31.4 Å². The van der Waals surface area contributed by atoms with Crippen molar-refractivity contribution in [2.45, 2.75) is 95.8 Å². The lowest BCUT2D eigenvalue weighted by Crippen LogP contribution is -2.36. The molecule has 1 unspecified atom stereocenters. The number of hydrogen-bond acceptors (Lipinski definition) is 5. The van der Waals surface area contributed by atoms with E-state index in [4.69, 9.17) is 14.5 Å². The molecule has 2 aromatic rings. The van der Waals surface area contributed by atoms with Gasteiger partial charge in [-0.2, -0.15) is 4.98 Å². The quantitative estimate of drug-likeness (QED) is 0.638. The Bertz CT molecular complexity index is 870. The Morgan fingerprint density at radius 2 is 2.07 bits per heavy atom. The number of aromatic nitrogens is 3. The third-order valence-corrected chi connectivity index (χ3v) is 6.34. The highest BCUT2D eigenvalue weighted by Crippen LogP contribution is 2.36. The van der Waals surface area contributed by atoms with Crippen molar-refractivity contribution in [1.29, 1.82) is 0 Å². The zero-order valence-electron chi connectivity index (χ0n) is 17.9. The first kappa shape index (κ1) is 20.3. The molecule has 1 saturated carbocycles. The summed E-state index contributed by atoms with van der Waals surface area (Å²) in [4.78, 5) is 22.0. The normalized spacial score (nSPS) is 21.8. The number of rotatable bonds is 8. The molecule has 1 saturated heterocycles. The Kier molecular flexibility index (Phi) is 5.91. The van der Waals surface area contributed by atoms with E-state index in [0.717, 1.165) is 49.1 Å². The number of ether oxygens (including phenoxy) is 2. The van der Waals surface area contributed by atoms with Crippen LogP contribution in [0.3, 0.4) is 0 Å². The van der Waals surface area contributed by atoms with Gasteiger partial charge < -0.3 is 14.0 Å². The summed E-state index contributed by atoms with van der Waals surface area (Å²) in [6, 6.07) is 4.32.